The Morgan fingerprint density at radius 1 is 1.29 bits per heavy atom. The topological polar surface area (TPSA) is 45.1 Å². The third kappa shape index (κ3) is 2.15. The van der Waals surface area contributed by atoms with Gasteiger partial charge in [0.15, 0.2) is 0 Å². The van der Waals surface area contributed by atoms with Gasteiger partial charge >= 0.3 is 0 Å². The molecule has 2 atom stereocenters. The van der Waals surface area contributed by atoms with Crippen LogP contribution in [0, 0.1) is 5.92 Å². The Bertz CT molecular complexity index is 381. The fourth-order valence-corrected chi connectivity index (χ4v) is 2.89. The highest BCUT2D eigenvalue weighted by Gasteiger charge is 2.33. The maximum atomic E-state index is 10.0. The fraction of sp³-hybridized carbons (Fsp3) is 0.615. The zero-order chi connectivity index (χ0) is 11.7. The molecule has 0 amide bonds. The first-order valence-electron chi connectivity index (χ1n) is 6.28. The molecule has 0 aromatic carbocycles. The molecular formula is C13H18N2O2. The molecule has 0 aromatic heterocycles. The second-order valence-corrected chi connectivity index (χ2v) is 4.82. The first kappa shape index (κ1) is 11.0. The molecule has 1 aliphatic carbocycles. The lowest BCUT2D eigenvalue weighted by Gasteiger charge is -2.38. The Labute approximate surface area is 101 Å². The van der Waals surface area contributed by atoms with Crippen molar-refractivity contribution in [1.82, 2.24) is 4.90 Å². The second-order valence-electron chi connectivity index (χ2n) is 4.82. The van der Waals surface area contributed by atoms with Crippen molar-refractivity contribution in [2.45, 2.75) is 18.9 Å². The number of hydrogen-bond acceptors (Lipinski definition) is 4. The fourth-order valence-electron chi connectivity index (χ4n) is 2.89. The van der Waals surface area contributed by atoms with E-state index in [2.05, 4.69) is 9.89 Å². The number of morpholine rings is 1. The number of nitrogens with zero attached hydrogens (tertiary/aromatic N) is 2. The van der Waals surface area contributed by atoms with Crippen LogP contribution in [0.2, 0.25) is 0 Å². The van der Waals surface area contributed by atoms with Gasteiger partial charge in [0.05, 0.1) is 19.0 Å². The first-order chi connectivity index (χ1) is 8.34. The molecule has 0 spiro atoms. The summed E-state index contributed by atoms with van der Waals surface area (Å²) in [6.45, 7) is 3.52. The molecule has 92 valence electrons. The van der Waals surface area contributed by atoms with Gasteiger partial charge in [-0.05, 0) is 18.6 Å². The number of rotatable bonds is 1. The van der Waals surface area contributed by atoms with Crippen molar-refractivity contribution >= 4 is 6.21 Å². The lowest BCUT2D eigenvalue weighted by atomic mass is 9.87. The van der Waals surface area contributed by atoms with Gasteiger partial charge in [-0.2, -0.15) is 0 Å². The van der Waals surface area contributed by atoms with Crippen LogP contribution in [0.25, 0.3) is 0 Å². The largest absolute Gasteiger partial charge is 0.512 e. The van der Waals surface area contributed by atoms with E-state index in [1.54, 1.807) is 6.08 Å². The van der Waals surface area contributed by atoms with Crippen LogP contribution in [0.5, 0.6) is 0 Å². The SMILES string of the molecule is OC1=CC=C2C[C@H]1C(N1CCOCC1)CC=N2. The third-order valence-electron chi connectivity index (χ3n) is 3.84. The Hall–Kier alpha value is -1.13. The van der Waals surface area contributed by atoms with Crippen molar-refractivity contribution in [1.29, 1.82) is 0 Å². The first-order valence-corrected chi connectivity index (χ1v) is 6.28. The summed E-state index contributed by atoms with van der Waals surface area (Å²) in [6.07, 6.45) is 7.50. The van der Waals surface area contributed by atoms with E-state index in [0.29, 0.717) is 11.8 Å². The predicted molar refractivity (Wildman–Crippen MR) is 66.2 cm³/mol. The third-order valence-corrected chi connectivity index (χ3v) is 3.84. The lowest BCUT2D eigenvalue weighted by Crippen LogP contribution is -2.47. The summed E-state index contributed by atoms with van der Waals surface area (Å²) in [5.41, 5.74) is 1.09. The minimum absolute atomic E-state index is 0.204. The lowest BCUT2D eigenvalue weighted by molar-refractivity contribution is 0.00451. The van der Waals surface area contributed by atoms with Crippen LogP contribution in [0.4, 0.5) is 0 Å². The van der Waals surface area contributed by atoms with Crippen LogP contribution in [0.1, 0.15) is 12.8 Å². The quantitative estimate of drug-likeness (QED) is 0.748. The summed E-state index contributed by atoms with van der Waals surface area (Å²) >= 11 is 0. The van der Waals surface area contributed by atoms with E-state index in [1.807, 2.05) is 12.3 Å². The molecule has 1 N–H and O–H groups in total. The van der Waals surface area contributed by atoms with Gasteiger partial charge in [-0.3, -0.25) is 9.89 Å². The molecule has 1 saturated heterocycles. The van der Waals surface area contributed by atoms with Gasteiger partial charge in [-0.25, -0.2) is 0 Å². The molecular weight excluding hydrogens is 216 g/mol. The van der Waals surface area contributed by atoms with Crippen LogP contribution >= 0.6 is 0 Å². The monoisotopic (exact) mass is 234 g/mol. The van der Waals surface area contributed by atoms with Crippen molar-refractivity contribution in [3.05, 3.63) is 23.6 Å². The van der Waals surface area contributed by atoms with Crippen LogP contribution in [-0.2, 0) is 4.74 Å². The van der Waals surface area contributed by atoms with Gasteiger partial charge in [0.2, 0.25) is 0 Å². The van der Waals surface area contributed by atoms with Gasteiger partial charge in [-0.15, -0.1) is 0 Å². The molecule has 1 unspecified atom stereocenters. The molecule has 4 nitrogen and oxygen atoms in total. The minimum atomic E-state index is 0.204. The highest BCUT2D eigenvalue weighted by atomic mass is 16.5. The number of aliphatic hydroxyl groups excluding tert-OH is 1. The van der Waals surface area contributed by atoms with Crippen molar-refractivity contribution in [2.75, 3.05) is 26.3 Å². The van der Waals surface area contributed by atoms with Crippen LogP contribution in [0.3, 0.4) is 0 Å². The summed E-state index contributed by atoms with van der Waals surface area (Å²) in [7, 11) is 0. The number of ether oxygens (including phenoxy) is 1. The van der Waals surface area contributed by atoms with E-state index in [9.17, 15) is 5.11 Å². The van der Waals surface area contributed by atoms with Gasteiger partial charge in [0.25, 0.3) is 0 Å². The molecule has 2 aliphatic heterocycles. The number of aliphatic hydroxyl groups is 1. The minimum Gasteiger partial charge on any atom is -0.512 e. The number of aliphatic imine (C=N–C) groups is 1. The van der Waals surface area contributed by atoms with E-state index in [4.69, 9.17) is 4.74 Å². The molecule has 0 radical (unpaired) electrons. The average Bonchev–Trinajstić information content (AvgIpc) is 2.55. The van der Waals surface area contributed by atoms with Gasteiger partial charge < -0.3 is 9.84 Å². The second kappa shape index (κ2) is 4.63. The molecule has 2 bridgehead atoms. The molecule has 2 heterocycles. The average molecular weight is 234 g/mol. The molecule has 0 saturated carbocycles. The molecule has 17 heavy (non-hydrogen) atoms. The number of hydrogen-bond donors (Lipinski definition) is 1. The maximum Gasteiger partial charge on any atom is 0.0973 e. The van der Waals surface area contributed by atoms with Gasteiger partial charge in [0, 0.05) is 43.4 Å². The van der Waals surface area contributed by atoms with Gasteiger partial charge in [-0.1, -0.05) is 0 Å². The predicted octanol–water partition coefficient (Wildman–Crippen LogP) is 1.51. The highest BCUT2D eigenvalue weighted by Crippen LogP contribution is 2.33. The smallest absolute Gasteiger partial charge is 0.0973 e. The van der Waals surface area contributed by atoms with Crippen LogP contribution < -0.4 is 0 Å². The summed E-state index contributed by atoms with van der Waals surface area (Å²) in [6, 6.07) is 0.366. The van der Waals surface area contributed by atoms with Crippen LogP contribution in [-0.4, -0.2) is 48.6 Å². The molecule has 0 aromatic rings. The van der Waals surface area contributed by atoms with Gasteiger partial charge in [0.1, 0.15) is 0 Å². The van der Waals surface area contributed by atoms with E-state index in [1.165, 1.54) is 0 Å². The molecule has 1 fully saturated rings. The normalized spacial score (nSPS) is 33.9. The summed E-state index contributed by atoms with van der Waals surface area (Å²) in [5.74, 6) is 0.714. The maximum absolute atomic E-state index is 10.0. The Morgan fingerprint density at radius 3 is 2.94 bits per heavy atom. The summed E-state index contributed by atoms with van der Waals surface area (Å²) in [5, 5.41) is 10.0. The molecule has 4 heteroatoms. The van der Waals surface area contributed by atoms with Crippen molar-refractivity contribution in [3.63, 3.8) is 0 Å². The highest BCUT2D eigenvalue weighted by molar-refractivity contribution is 5.61. The number of fused-ring (bicyclic) bond motifs is 2. The summed E-state index contributed by atoms with van der Waals surface area (Å²) in [4.78, 5) is 6.87. The Balaban J connectivity index is 1.82. The molecule has 3 rings (SSSR count). The van der Waals surface area contributed by atoms with E-state index in [0.717, 1.165) is 44.8 Å². The van der Waals surface area contributed by atoms with Crippen LogP contribution in [0.15, 0.2) is 28.6 Å². The number of allylic oxidation sites excluding steroid dienone is 3. The van der Waals surface area contributed by atoms with Crippen molar-refractivity contribution < 1.29 is 9.84 Å². The Kier molecular flexibility index (Phi) is 2.99. The Morgan fingerprint density at radius 2 is 2.12 bits per heavy atom. The van der Waals surface area contributed by atoms with E-state index in [-0.39, 0.29) is 5.92 Å². The van der Waals surface area contributed by atoms with E-state index < -0.39 is 0 Å². The standard InChI is InChI=1S/C13H18N2O2/c16-13-2-1-10-9-11(13)12(3-4-14-10)15-5-7-17-8-6-15/h1-2,4,11-12,16H,3,5-9H2/t11-,12?/m0/s1. The molecule has 3 aliphatic rings. The van der Waals surface area contributed by atoms with E-state index >= 15 is 0 Å². The van der Waals surface area contributed by atoms with Crippen molar-refractivity contribution in [3.8, 4) is 0 Å². The zero-order valence-electron chi connectivity index (χ0n) is 9.88. The summed E-state index contributed by atoms with van der Waals surface area (Å²) < 4.78 is 5.39. The zero-order valence-corrected chi connectivity index (χ0v) is 9.88. The van der Waals surface area contributed by atoms with Crippen molar-refractivity contribution in [2.24, 2.45) is 10.9 Å².